The van der Waals surface area contributed by atoms with E-state index in [1.54, 1.807) is 0 Å². The quantitative estimate of drug-likeness (QED) is 0.579. The van der Waals surface area contributed by atoms with Crippen LogP contribution in [0.3, 0.4) is 0 Å². The maximum atomic E-state index is 13.8. The molecule has 1 aliphatic rings. The minimum absolute atomic E-state index is 0.163. The third-order valence-corrected chi connectivity index (χ3v) is 4.52. The predicted octanol–water partition coefficient (Wildman–Crippen LogP) is 3.60. The highest BCUT2D eigenvalue weighted by atomic mass is 19.4. The first-order chi connectivity index (χ1) is 13.4. The maximum absolute atomic E-state index is 13.8. The maximum Gasteiger partial charge on any atom is 0.425 e. The van der Waals surface area contributed by atoms with Gasteiger partial charge in [-0.2, -0.15) is 13.2 Å². The standard InChI is InChI=1S/C20H19F3N2O3/c21-20(22,23)19(16-10-5-2-6-11-16)17(26)25(18(27)24-19)12-7-13-28-14-15-8-3-1-4-9-15/h1-6,8-11H,7,12-14H2,(H,24,27)/t19-/m1/s1. The van der Waals surface area contributed by atoms with Gasteiger partial charge in [-0.25, -0.2) is 4.79 Å². The van der Waals surface area contributed by atoms with E-state index in [4.69, 9.17) is 4.74 Å². The Balaban J connectivity index is 1.65. The number of benzene rings is 2. The Morgan fingerprint density at radius 3 is 2.18 bits per heavy atom. The second-order valence-corrected chi connectivity index (χ2v) is 6.39. The number of alkyl halides is 3. The third-order valence-electron chi connectivity index (χ3n) is 4.52. The van der Waals surface area contributed by atoms with Crippen LogP contribution in [0.25, 0.3) is 0 Å². The SMILES string of the molecule is O=C1N[C@@](c2ccccc2)(C(F)(F)F)C(=O)N1CCCOCc1ccccc1. The molecule has 28 heavy (non-hydrogen) atoms. The molecule has 1 atom stereocenters. The Morgan fingerprint density at radius 1 is 0.964 bits per heavy atom. The Bertz CT molecular complexity index is 828. The molecule has 1 saturated heterocycles. The zero-order valence-electron chi connectivity index (χ0n) is 14.9. The topological polar surface area (TPSA) is 58.6 Å². The number of carbonyl (C=O) groups excluding carboxylic acids is 2. The summed E-state index contributed by atoms with van der Waals surface area (Å²) in [5, 5.41) is 1.86. The number of urea groups is 1. The Labute approximate surface area is 160 Å². The molecule has 0 aromatic heterocycles. The molecule has 2 aromatic rings. The van der Waals surface area contributed by atoms with E-state index < -0.39 is 23.7 Å². The van der Waals surface area contributed by atoms with E-state index in [0.717, 1.165) is 5.56 Å². The van der Waals surface area contributed by atoms with Crippen molar-refractivity contribution in [3.63, 3.8) is 0 Å². The number of ether oxygens (including phenoxy) is 1. The highest BCUT2D eigenvalue weighted by Crippen LogP contribution is 2.43. The van der Waals surface area contributed by atoms with Crippen LogP contribution in [0.5, 0.6) is 0 Å². The lowest BCUT2D eigenvalue weighted by Gasteiger charge is -2.29. The van der Waals surface area contributed by atoms with Crippen molar-refractivity contribution in [3.8, 4) is 0 Å². The number of carbonyl (C=O) groups is 2. The third kappa shape index (κ3) is 3.73. The number of hydrogen-bond donors (Lipinski definition) is 1. The van der Waals surface area contributed by atoms with Gasteiger partial charge < -0.3 is 10.1 Å². The lowest BCUT2D eigenvalue weighted by atomic mass is 9.89. The molecule has 1 N–H and O–H groups in total. The average Bonchev–Trinajstić information content (AvgIpc) is 2.94. The first-order valence-corrected chi connectivity index (χ1v) is 8.74. The van der Waals surface area contributed by atoms with Gasteiger partial charge in [-0.15, -0.1) is 0 Å². The van der Waals surface area contributed by atoms with Gasteiger partial charge in [0.1, 0.15) is 0 Å². The second-order valence-electron chi connectivity index (χ2n) is 6.39. The van der Waals surface area contributed by atoms with Crippen molar-refractivity contribution in [1.82, 2.24) is 10.2 Å². The number of rotatable bonds is 7. The van der Waals surface area contributed by atoms with Gasteiger partial charge in [0.05, 0.1) is 6.61 Å². The molecule has 1 fully saturated rings. The van der Waals surface area contributed by atoms with Crippen LogP contribution in [0.1, 0.15) is 17.5 Å². The number of amides is 3. The van der Waals surface area contributed by atoms with Gasteiger partial charge in [-0.3, -0.25) is 9.69 Å². The van der Waals surface area contributed by atoms with E-state index in [-0.39, 0.29) is 25.1 Å². The highest BCUT2D eigenvalue weighted by Gasteiger charge is 2.68. The molecule has 0 aliphatic carbocycles. The van der Waals surface area contributed by atoms with Gasteiger partial charge in [0, 0.05) is 13.2 Å². The zero-order valence-corrected chi connectivity index (χ0v) is 14.9. The first kappa shape index (κ1) is 19.9. The van der Waals surface area contributed by atoms with Crippen LogP contribution in [0.4, 0.5) is 18.0 Å². The molecule has 3 amide bonds. The number of nitrogens with zero attached hydrogens (tertiary/aromatic N) is 1. The minimum atomic E-state index is -4.97. The first-order valence-electron chi connectivity index (χ1n) is 8.74. The van der Waals surface area contributed by atoms with Gasteiger partial charge in [0.15, 0.2) is 0 Å². The Kier molecular flexibility index (Phi) is 5.69. The van der Waals surface area contributed by atoms with Crippen molar-refractivity contribution in [2.75, 3.05) is 13.2 Å². The summed E-state index contributed by atoms with van der Waals surface area (Å²) < 4.78 is 47.0. The molecule has 148 valence electrons. The normalized spacial score (nSPS) is 19.8. The molecule has 3 rings (SSSR count). The van der Waals surface area contributed by atoms with Gasteiger partial charge in [-0.1, -0.05) is 60.7 Å². The van der Waals surface area contributed by atoms with E-state index >= 15 is 0 Å². The molecule has 0 radical (unpaired) electrons. The summed E-state index contributed by atoms with van der Waals surface area (Å²) in [5.74, 6) is -1.32. The highest BCUT2D eigenvalue weighted by molar-refractivity contribution is 6.08. The molecular weight excluding hydrogens is 373 g/mol. The molecule has 0 spiro atoms. The number of nitrogens with one attached hydrogen (secondary N) is 1. The summed E-state index contributed by atoms with van der Waals surface area (Å²) in [6, 6.07) is 15.0. The smallest absolute Gasteiger partial charge is 0.377 e. The van der Waals surface area contributed by atoms with E-state index in [0.29, 0.717) is 11.5 Å². The van der Waals surface area contributed by atoms with Crippen LogP contribution >= 0.6 is 0 Å². The number of hydrogen-bond acceptors (Lipinski definition) is 3. The Morgan fingerprint density at radius 2 is 1.57 bits per heavy atom. The monoisotopic (exact) mass is 392 g/mol. The molecular formula is C20H19F3N2O3. The van der Waals surface area contributed by atoms with E-state index in [1.165, 1.54) is 30.3 Å². The van der Waals surface area contributed by atoms with Crippen LogP contribution in [0, 0.1) is 0 Å². The molecule has 0 saturated carbocycles. The van der Waals surface area contributed by atoms with Crippen molar-refractivity contribution in [1.29, 1.82) is 0 Å². The molecule has 5 nitrogen and oxygen atoms in total. The van der Waals surface area contributed by atoms with Gasteiger partial charge in [0.2, 0.25) is 5.54 Å². The molecule has 0 unspecified atom stereocenters. The van der Waals surface area contributed by atoms with Crippen molar-refractivity contribution in [2.45, 2.75) is 24.7 Å². The summed E-state index contributed by atoms with van der Waals surface area (Å²) >= 11 is 0. The lowest BCUT2D eigenvalue weighted by Crippen LogP contribution is -2.55. The van der Waals surface area contributed by atoms with Gasteiger partial charge in [0.25, 0.3) is 5.91 Å². The van der Waals surface area contributed by atoms with Crippen LogP contribution in [-0.2, 0) is 21.7 Å². The minimum Gasteiger partial charge on any atom is -0.377 e. The summed E-state index contributed by atoms with van der Waals surface area (Å²) in [6.07, 6.45) is -4.74. The fourth-order valence-corrected chi connectivity index (χ4v) is 3.11. The summed E-state index contributed by atoms with van der Waals surface area (Å²) in [4.78, 5) is 25.4. The van der Waals surface area contributed by atoms with Gasteiger partial charge >= 0.3 is 12.2 Å². The molecule has 8 heteroatoms. The largest absolute Gasteiger partial charge is 0.425 e. The zero-order chi connectivity index (χ0) is 20.2. The van der Waals surface area contributed by atoms with Crippen molar-refractivity contribution in [3.05, 3.63) is 71.8 Å². The van der Waals surface area contributed by atoms with Crippen molar-refractivity contribution in [2.24, 2.45) is 0 Å². The van der Waals surface area contributed by atoms with E-state index in [2.05, 4.69) is 0 Å². The van der Waals surface area contributed by atoms with Crippen LogP contribution < -0.4 is 5.32 Å². The predicted molar refractivity (Wildman–Crippen MR) is 95.1 cm³/mol. The summed E-state index contributed by atoms with van der Waals surface area (Å²) in [7, 11) is 0. The molecule has 2 aromatic carbocycles. The van der Waals surface area contributed by atoms with Gasteiger partial charge in [-0.05, 0) is 17.5 Å². The van der Waals surface area contributed by atoms with Crippen LogP contribution in [-0.4, -0.2) is 36.2 Å². The van der Waals surface area contributed by atoms with E-state index in [9.17, 15) is 22.8 Å². The van der Waals surface area contributed by atoms with Crippen molar-refractivity contribution >= 4 is 11.9 Å². The summed E-state index contributed by atoms with van der Waals surface area (Å²) in [6.45, 7) is 0.387. The molecule has 1 heterocycles. The van der Waals surface area contributed by atoms with Crippen LogP contribution in [0.15, 0.2) is 60.7 Å². The molecule has 1 aliphatic heterocycles. The van der Waals surface area contributed by atoms with E-state index in [1.807, 2.05) is 35.6 Å². The number of halogens is 3. The van der Waals surface area contributed by atoms with Crippen LogP contribution in [0.2, 0.25) is 0 Å². The average molecular weight is 392 g/mol. The van der Waals surface area contributed by atoms with Crippen molar-refractivity contribution < 1.29 is 27.5 Å². The second kappa shape index (κ2) is 8.02. The lowest BCUT2D eigenvalue weighted by molar-refractivity contribution is -0.198. The fraction of sp³-hybridized carbons (Fsp3) is 0.300. The summed E-state index contributed by atoms with van der Waals surface area (Å²) in [5.41, 5.74) is -2.42. The Hall–Kier alpha value is -2.87. The fourth-order valence-electron chi connectivity index (χ4n) is 3.11. The number of imide groups is 1. The molecule has 0 bridgehead atoms.